The molecule has 0 aliphatic heterocycles. The van der Waals surface area contributed by atoms with Crippen LogP contribution in [0.3, 0.4) is 0 Å². The van der Waals surface area contributed by atoms with Crippen molar-refractivity contribution in [3.05, 3.63) is 55.1 Å². The smallest absolute Gasteiger partial charge is 0.225 e. The quantitative estimate of drug-likeness (QED) is 0.507. The molecule has 0 unspecified atom stereocenters. The van der Waals surface area contributed by atoms with Crippen molar-refractivity contribution in [3.63, 3.8) is 0 Å². The Labute approximate surface area is 161 Å². The summed E-state index contributed by atoms with van der Waals surface area (Å²) in [7, 11) is 4.71. The van der Waals surface area contributed by atoms with Crippen molar-refractivity contribution in [3.8, 4) is 45.6 Å². The van der Waals surface area contributed by atoms with E-state index in [2.05, 4.69) is 15.3 Å². The van der Waals surface area contributed by atoms with Gasteiger partial charge in [-0.3, -0.25) is 0 Å². The second kappa shape index (κ2) is 7.43. The van der Waals surface area contributed by atoms with E-state index in [0.29, 0.717) is 23.1 Å². The SMILES string of the molecule is COc1cc(-n2nncc2-c2ccc(-c3ncco3)cc2)cc(OC)c1OC. The lowest BCUT2D eigenvalue weighted by molar-refractivity contribution is 0.324. The van der Waals surface area contributed by atoms with Crippen molar-refractivity contribution in [2.75, 3.05) is 21.3 Å². The molecule has 0 radical (unpaired) electrons. The summed E-state index contributed by atoms with van der Waals surface area (Å²) in [5, 5.41) is 8.30. The maximum Gasteiger partial charge on any atom is 0.225 e. The van der Waals surface area contributed by atoms with Gasteiger partial charge in [-0.1, -0.05) is 17.3 Å². The molecule has 2 heterocycles. The number of hydrogen-bond donors (Lipinski definition) is 0. The van der Waals surface area contributed by atoms with Gasteiger partial charge < -0.3 is 18.6 Å². The first-order valence-electron chi connectivity index (χ1n) is 8.46. The molecule has 0 bridgehead atoms. The van der Waals surface area contributed by atoms with E-state index in [1.807, 2.05) is 36.4 Å². The van der Waals surface area contributed by atoms with Crippen LogP contribution in [0.5, 0.6) is 17.2 Å². The zero-order valence-electron chi connectivity index (χ0n) is 15.6. The summed E-state index contributed by atoms with van der Waals surface area (Å²) in [6.45, 7) is 0. The maximum atomic E-state index is 5.44. The molecule has 0 aliphatic rings. The Morgan fingerprint density at radius 3 is 2.14 bits per heavy atom. The highest BCUT2D eigenvalue weighted by Gasteiger charge is 2.17. The fourth-order valence-corrected chi connectivity index (χ4v) is 2.96. The first kappa shape index (κ1) is 17.6. The summed E-state index contributed by atoms with van der Waals surface area (Å²) in [5.41, 5.74) is 3.38. The molecule has 4 rings (SSSR count). The molecule has 0 spiro atoms. The fourth-order valence-electron chi connectivity index (χ4n) is 2.96. The minimum atomic E-state index is 0.519. The monoisotopic (exact) mass is 378 g/mol. The van der Waals surface area contributed by atoms with Gasteiger partial charge in [-0.15, -0.1) is 5.10 Å². The van der Waals surface area contributed by atoms with E-state index in [9.17, 15) is 0 Å². The number of nitrogens with zero attached hydrogens (tertiary/aromatic N) is 4. The highest BCUT2D eigenvalue weighted by Crippen LogP contribution is 2.39. The number of benzene rings is 2. The summed E-state index contributed by atoms with van der Waals surface area (Å²) < 4.78 is 23.3. The summed E-state index contributed by atoms with van der Waals surface area (Å²) >= 11 is 0. The largest absolute Gasteiger partial charge is 0.493 e. The molecule has 2 aromatic carbocycles. The number of rotatable bonds is 6. The minimum absolute atomic E-state index is 0.519. The summed E-state index contributed by atoms with van der Waals surface area (Å²) in [5.74, 6) is 2.17. The van der Waals surface area contributed by atoms with Crippen LogP contribution < -0.4 is 14.2 Å². The fraction of sp³-hybridized carbons (Fsp3) is 0.150. The summed E-state index contributed by atoms with van der Waals surface area (Å²) in [6, 6.07) is 11.4. The predicted octanol–water partition coefficient (Wildman–Crippen LogP) is 3.62. The molecule has 0 saturated carbocycles. The van der Waals surface area contributed by atoms with Crippen LogP contribution in [0.2, 0.25) is 0 Å². The topological polar surface area (TPSA) is 84.4 Å². The Kier molecular flexibility index (Phi) is 4.67. The molecule has 8 nitrogen and oxygen atoms in total. The van der Waals surface area contributed by atoms with E-state index in [1.165, 1.54) is 0 Å². The molecule has 4 aromatic rings. The highest BCUT2D eigenvalue weighted by atomic mass is 16.5. The van der Waals surface area contributed by atoms with Gasteiger partial charge in [0, 0.05) is 23.3 Å². The second-order valence-electron chi connectivity index (χ2n) is 5.83. The van der Waals surface area contributed by atoms with Crippen LogP contribution in [0.25, 0.3) is 28.4 Å². The molecular weight excluding hydrogens is 360 g/mol. The van der Waals surface area contributed by atoms with Gasteiger partial charge in [0.05, 0.1) is 45.1 Å². The van der Waals surface area contributed by atoms with E-state index >= 15 is 0 Å². The van der Waals surface area contributed by atoms with Crippen LogP contribution >= 0.6 is 0 Å². The van der Waals surface area contributed by atoms with Crippen LogP contribution in [0.4, 0.5) is 0 Å². The molecule has 142 valence electrons. The predicted molar refractivity (Wildman–Crippen MR) is 102 cm³/mol. The number of ether oxygens (including phenoxy) is 3. The third-order valence-corrected chi connectivity index (χ3v) is 4.30. The molecule has 8 heteroatoms. The van der Waals surface area contributed by atoms with Crippen LogP contribution in [0.15, 0.2) is 59.5 Å². The van der Waals surface area contributed by atoms with E-state index in [1.54, 1.807) is 44.7 Å². The maximum absolute atomic E-state index is 5.44. The van der Waals surface area contributed by atoms with E-state index in [4.69, 9.17) is 18.6 Å². The second-order valence-corrected chi connectivity index (χ2v) is 5.83. The lowest BCUT2D eigenvalue weighted by Crippen LogP contribution is -2.02. The average molecular weight is 378 g/mol. The van der Waals surface area contributed by atoms with Crippen LogP contribution in [0.1, 0.15) is 0 Å². The summed E-state index contributed by atoms with van der Waals surface area (Å²) in [4.78, 5) is 4.16. The molecule has 0 saturated heterocycles. The molecule has 0 fully saturated rings. The molecule has 0 N–H and O–H groups in total. The Morgan fingerprint density at radius 2 is 1.57 bits per heavy atom. The molecule has 2 aromatic heterocycles. The summed E-state index contributed by atoms with van der Waals surface area (Å²) in [6.07, 6.45) is 4.86. The Morgan fingerprint density at radius 1 is 0.893 bits per heavy atom. The number of oxazole rings is 1. The van der Waals surface area contributed by atoms with Crippen molar-refractivity contribution < 1.29 is 18.6 Å². The Hall–Kier alpha value is -3.81. The van der Waals surface area contributed by atoms with Crippen molar-refractivity contribution in [1.82, 2.24) is 20.0 Å². The molecule has 0 atom stereocenters. The van der Waals surface area contributed by atoms with Gasteiger partial charge in [0.15, 0.2) is 11.5 Å². The van der Waals surface area contributed by atoms with Gasteiger partial charge in [-0.05, 0) is 12.1 Å². The highest BCUT2D eigenvalue weighted by molar-refractivity contribution is 5.67. The van der Waals surface area contributed by atoms with Gasteiger partial charge in [-0.2, -0.15) is 0 Å². The van der Waals surface area contributed by atoms with E-state index in [0.717, 1.165) is 22.5 Å². The first-order chi connectivity index (χ1) is 13.7. The molecular formula is C20H18N4O4. The normalized spacial score (nSPS) is 10.7. The van der Waals surface area contributed by atoms with E-state index in [-0.39, 0.29) is 0 Å². The van der Waals surface area contributed by atoms with Gasteiger partial charge in [0.25, 0.3) is 0 Å². The first-order valence-corrected chi connectivity index (χ1v) is 8.46. The average Bonchev–Trinajstić information content (AvgIpc) is 3.45. The van der Waals surface area contributed by atoms with Crippen molar-refractivity contribution >= 4 is 0 Å². The Balaban J connectivity index is 1.76. The van der Waals surface area contributed by atoms with Crippen molar-refractivity contribution in [1.29, 1.82) is 0 Å². The van der Waals surface area contributed by atoms with Gasteiger partial charge >= 0.3 is 0 Å². The van der Waals surface area contributed by atoms with Crippen LogP contribution in [-0.2, 0) is 0 Å². The Bertz CT molecular complexity index is 1050. The van der Waals surface area contributed by atoms with Crippen molar-refractivity contribution in [2.24, 2.45) is 0 Å². The zero-order valence-corrected chi connectivity index (χ0v) is 15.6. The lowest BCUT2D eigenvalue weighted by Gasteiger charge is -2.15. The number of methoxy groups -OCH3 is 3. The molecule has 28 heavy (non-hydrogen) atoms. The van der Waals surface area contributed by atoms with Crippen LogP contribution in [0, 0.1) is 0 Å². The third-order valence-electron chi connectivity index (χ3n) is 4.30. The van der Waals surface area contributed by atoms with Crippen molar-refractivity contribution in [2.45, 2.75) is 0 Å². The third kappa shape index (κ3) is 3.05. The number of aromatic nitrogens is 4. The minimum Gasteiger partial charge on any atom is -0.493 e. The zero-order chi connectivity index (χ0) is 19.5. The van der Waals surface area contributed by atoms with Gasteiger partial charge in [-0.25, -0.2) is 9.67 Å². The van der Waals surface area contributed by atoms with E-state index < -0.39 is 0 Å². The molecule has 0 aliphatic carbocycles. The standard InChI is InChI=1S/C20H18N4O4/c1-25-17-10-15(11-18(26-2)19(17)27-3)24-16(12-22-23-24)13-4-6-14(7-5-13)20-21-8-9-28-20/h4-12H,1-3H3. The number of hydrogen-bond acceptors (Lipinski definition) is 7. The van der Waals surface area contributed by atoms with Gasteiger partial charge in [0.2, 0.25) is 11.6 Å². The lowest BCUT2D eigenvalue weighted by atomic mass is 10.1. The molecule has 0 amide bonds. The van der Waals surface area contributed by atoms with Crippen LogP contribution in [-0.4, -0.2) is 41.3 Å². The van der Waals surface area contributed by atoms with Gasteiger partial charge in [0.1, 0.15) is 6.26 Å².